The molecular weight excluding hydrogens is 268 g/mol. The summed E-state index contributed by atoms with van der Waals surface area (Å²) in [6.07, 6.45) is 0. The average molecular weight is 283 g/mol. The van der Waals surface area contributed by atoms with E-state index in [1.54, 1.807) is 0 Å². The van der Waals surface area contributed by atoms with Crippen molar-refractivity contribution in [2.75, 3.05) is 0 Å². The molecule has 0 aliphatic heterocycles. The quantitative estimate of drug-likeness (QED) is 0.636. The second-order valence-electron chi connectivity index (χ2n) is 5.13. The van der Waals surface area contributed by atoms with E-state index in [0.717, 1.165) is 22.2 Å². The third-order valence-corrected chi connectivity index (χ3v) is 4.08. The maximum absolute atomic E-state index is 6.54. The standard InChI is InChI=1S/C17H15ClN2/c1-10-8-12(3)14(9-11(10)2)17-16(18)13-6-4-5-7-15(13)19-20-17/h4-9H,1-3H3. The van der Waals surface area contributed by atoms with Crippen LogP contribution in [0.2, 0.25) is 5.02 Å². The molecule has 0 spiro atoms. The van der Waals surface area contributed by atoms with Gasteiger partial charge in [-0.1, -0.05) is 35.9 Å². The van der Waals surface area contributed by atoms with E-state index in [2.05, 4.69) is 43.1 Å². The van der Waals surface area contributed by atoms with E-state index in [9.17, 15) is 0 Å². The minimum atomic E-state index is 0.668. The summed E-state index contributed by atoms with van der Waals surface area (Å²) in [4.78, 5) is 0. The number of aryl methyl sites for hydroxylation is 3. The predicted octanol–water partition coefficient (Wildman–Crippen LogP) is 4.88. The van der Waals surface area contributed by atoms with Crippen LogP contribution in [0.3, 0.4) is 0 Å². The van der Waals surface area contributed by atoms with Gasteiger partial charge in [0.25, 0.3) is 0 Å². The van der Waals surface area contributed by atoms with Crippen LogP contribution in [0, 0.1) is 20.8 Å². The van der Waals surface area contributed by atoms with Crippen LogP contribution in [0.4, 0.5) is 0 Å². The van der Waals surface area contributed by atoms with E-state index in [-0.39, 0.29) is 0 Å². The van der Waals surface area contributed by atoms with Crippen LogP contribution in [0.25, 0.3) is 22.2 Å². The van der Waals surface area contributed by atoms with Crippen molar-refractivity contribution in [2.24, 2.45) is 0 Å². The van der Waals surface area contributed by atoms with Gasteiger partial charge in [0.05, 0.1) is 10.5 Å². The third kappa shape index (κ3) is 2.06. The average Bonchev–Trinajstić information content (AvgIpc) is 2.44. The number of halogens is 1. The molecule has 0 aliphatic carbocycles. The first-order valence-electron chi connectivity index (χ1n) is 6.57. The van der Waals surface area contributed by atoms with Crippen LogP contribution in [0.15, 0.2) is 36.4 Å². The summed E-state index contributed by atoms with van der Waals surface area (Å²) in [7, 11) is 0. The zero-order valence-corrected chi connectivity index (χ0v) is 12.5. The minimum Gasteiger partial charge on any atom is -0.150 e. The summed E-state index contributed by atoms with van der Waals surface area (Å²) < 4.78 is 0. The van der Waals surface area contributed by atoms with Crippen LogP contribution < -0.4 is 0 Å². The lowest BCUT2D eigenvalue weighted by Gasteiger charge is -2.11. The lowest BCUT2D eigenvalue weighted by molar-refractivity contribution is 1.08. The summed E-state index contributed by atoms with van der Waals surface area (Å²) in [6.45, 7) is 6.29. The molecule has 20 heavy (non-hydrogen) atoms. The molecule has 0 N–H and O–H groups in total. The molecule has 1 heterocycles. The van der Waals surface area contributed by atoms with Crippen molar-refractivity contribution in [3.63, 3.8) is 0 Å². The molecular formula is C17H15ClN2. The smallest absolute Gasteiger partial charge is 0.112 e. The van der Waals surface area contributed by atoms with Crippen LogP contribution in [0.1, 0.15) is 16.7 Å². The monoisotopic (exact) mass is 282 g/mol. The normalized spacial score (nSPS) is 11.0. The molecule has 0 fully saturated rings. The van der Waals surface area contributed by atoms with E-state index in [1.807, 2.05) is 24.3 Å². The Labute approximate surface area is 123 Å². The Kier molecular flexibility index (Phi) is 3.19. The lowest BCUT2D eigenvalue weighted by atomic mass is 9.98. The maximum Gasteiger partial charge on any atom is 0.112 e. The van der Waals surface area contributed by atoms with Crippen molar-refractivity contribution in [1.82, 2.24) is 10.2 Å². The van der Waals surface area contributed by atoms with Crippen molar-refractivity contribution in [3.8, 4) is 11.3 Å². The fourth-order valence-electron chi connectivity index (χ4n) is 2.41. The van der Waals surface area contributed by atoms with Crippen LogP contribution in [-0.2, 0) is 0 Å². The number of benzene rings is 2. The maximum atomic E-state index is 6.54. The Bertz CT molecular complexity index is 809. The number of rotatable bonds is 1. The summed E-state index contributed by atoms with van der Waals surface area (Å²) in [5.74, 6) is 0. The van der Waals surface area contributed by atoms with Gasteiger partial charge >= 0.3 is 0 Å². The van der Waals surface area contributed by atoms with Crippen molar-refractivity contribution < 1.29 is 0 Å². The molecule has 0 radical (unpaired) electrons. The summed E-state index contributed by atoms with van der Waals surface area (Å²) in [5.41, 5.74) is 6.30. The summed E-state index contributed by atoms with van der Waals surface area (Å²) in [5, 5.41) is 10.2. The van der Waals surface area contributed by atoms with Crippen molar-refractivity contribution in [1.29, 1.82) is 0 Å². The van der Waals surface area contributed by atoms with Gasteiger partial charge in [-0.05, 0) is 49.6 Å². The Morgan fingerprint density at radius 3 is 2.35 bits per heavy atom. The Morgan fingerprint density at radius 2 is 1.55 bits per heavy atom. The molecule has 0 atom stereocenters. The van der Waals surface area contributed by atoms with Crippen LogP contribution in [0.5, 0.6) is 0 Å². The van der Waals surface area contributed by atoms with Gasteiger partial charge in [0.2, 0.25) is 0 Å². The van der Waals surface area contributed by atoms with E-state index >= 15 is 0 Å². The predicted molar refractivity (Wildman–Crippen MR) is 84.2 cm³/mol. The van der Waals surface area contributed by atoms with E-state index in [1.165, 1.54) is 16.7 Å². The number of nitrogens with zero attached hydrogens (tertiary/aromatic N) is 2. The van der Waals surface area contributed by atoms with Crippen molar-refractivity contribution >= 4 is 22.5 Å². The highest BCUT2D eigenvalue weighted by Gasteiger charge is 2.13. The molecule has 3 rings (SSSR count). The van der Waals surface area contributed by atoms with Crippen LogP contribution >= 0.6 is 11.6 Å². The topological polar surface area (TPSA) is 25.8 Å². The first kappa shape index (κ1) is 13.1. The zero-order valence-electron chi connectivity index (χ0n) is 11.7. The van der Waals surface area contributed by atoms with Gasteiger partial charge in [-0.2, -0.15) is 0 Å². The highest BCUT2D eigenvalue weighted by atomic mass is 35.5. The van der Waals surface area contributed by atoms with E-state index in [0.29, 0.717) is 5.02 Å². The summed E-state index contributed by atoms with van der Waals surface area (Å²) >= 11 is 6.54. The SMILES string of the molecule is Cc1cc(C)c(-c2nnc3ccccc3c2Cl)cc1C. The Morgan fingerprint density at radius 1 is 0.850 bits per heavy atom. The van der Waals surface area contributed by atoms with Gasteiger partial charge in [-0.25, -0.2) is 0 Å². The fraction of sp³-hybridized carbons (Fsp3) is 0.176. The molecule has 0 saturated carbocycles. The number of hydrogen-bond donors (Lipinski definition) is 0. The second-order valence-corrected chi connectivity index (χ2v) is 5.51. The fourth-order valence-corrected chi connectivity index (χ4v) is 2.71. The molecule has 3 heteroatoms. The van der Waals surface area contributed by atoms with E-state index < -0.39 is 0 Å². The number of hydrogen-bond acceptors (Lipinski definition) is 2. The molecule has 1 aromatic heterocycles. The molecule has 0 bridgehead atoms. The van der Waals surface area contributed by atoms with Crippen molar-refractivity contribution in [2.45, 2.75) is 20.8 Å². The number of fused-ring (bicyclic) bond motifs is 1. The molecule has 100 valence electrons. The van der Waals surface area contributed by atoms with Gasteiger partial charge < -0.3 is 0 Å². The molecule has 2 aromatic carbocycles. The van der Waals surface area contributed by atoms with Gasteiger partial charge in [0.1, 0.15) is 5.69 Å². The van der Waals surface area contributed by atoms with Gasteiger partial charge in [0, 0.05) is 10.9 Å². The first-order valence-corrected chi connectivity index (χ1v) is 6.95. The number of aromatic nitrogens is 2. The lowest BCUT2D eigenvalue weighted by Crippen LogP contribution is -1.95. The largest absolute Gasteiger partial charge is 0.150 e. The molecule has 0 amide bonds. The van der Waals surface area contributed by atoms with Gasteiger partial charge in [0.15, 0.2) is 0 Å². The molecule has 3 aromatic rings. The first-order chi connectivity index (χ1) is 9.58. The highest BCUT2D eigenvalue weighted by molar-refractivity contribution is 6.37. The summed E-state index contributed by atoms with van der Waals surface area (Å²) in [6, 6.07) is 12.1. The molecule has 0 unspecified atom stereocenters. The van der Waals surface area contributed by atoms with Crippen LogP contribution in [-0.4, -0.2) is 10.2 Å². The van der Waals surface area contributed by atoms with Gasteiger partial charge in [-0.3, -0.25) is 0 Å². The molecule has 0 aliphatic rings. The molecule has 2 nitrogen and oxygen atoms in total. The highest BCUT2D eigenvalue weighted by Crippen LogP contribution is 2.33. The zero-order chi connectivity index (χ0) is 14.3. The van der Waals surface area contributed by atoms with Crippen molar-refractivity contribution in [3.05, 3.63) is 58.1 Å². The van der Waals surface area contributed by atoms with Gasteiger partial charge in [-0.15, -0.1) is 10.2 Å². The Hall–Kier alpha value is -1.93. The van der Waals surface area contributed by atoms with E-state index in [4.69, 9.17) is 11.6 Å². The minimum absolute atomic E-state index is 0.668. The third-order valence-electron chi connectivity index (χ3n) is 3.70. The second kappa shape index (κ2) is 4.88. The Balaban J connectivity index is 2.30. The molecule has 0 saturated heterocycles.